The van der Waals surface area contributed by atoms with Crippen molar-refractivity contribution in [2.45, 2.75) is 52.6 Å². The molecule has 1 aromatic carbocycles. The Kier molecular flexibility index (Phi) is 9.07. The minimum Gasteiger partial charge on any atom is -0.453 e. The molecule has 43 heavy (non-hydrogen) atoms. The molecule has 0 saturated carbocycles. The van der Waals surface area contributed by atoms with Gasteiger partial charge in [0.05, 0.1) is 18.8 Å². The van der Waals surface area contributed by atoms with E-state index >= 15 is 0 Å². The first-order valence-corrected chi connectivity index (χ1v) is 13.4. The van der Waals surface area contributed by atoms with Gasteiger partial charge in [0.1, 0.15) is 29.3 Å². The molecule has 0 bridgehead atoms. The maximum absolute atomic E-state index is 13.5. The third kappa shape index (κ3) is 6.63. The highest BCUT2D eigenvalue weighted by Gasteiger charge is 2.36. The van der Waals surface area contributed by atoms with Gasteiger partial charge in [0.2, 0.25) is 17.6 Å². The molecule has 0 aliphatic rings. The number of methoxy groups -OCH3 is 1. The van der Waals surface area contributed by atoms with Crippen molar-refractivity contribution in [3.05, 3.63) is 82.4 Å². The van der Waals surface area contributed by atoms with Gasteiger partial charge in [-0.1, -0.05) is 44.2 Å². The highest BCUT2D eigenvalue weighted by atomic mass is 16.5. The summed E-state index contributed by atoms with van der Waals surface area (Å²) >= 11 is 0. The van der Waals surface area contributed by atoms with Gasteiger partial charge >= 0.3 is 6.09 Å². The number of hydrogen-bond acceptors (Lipinski definition) is 11. The number of hydrogen-bond donors (Lipinski definition) is 2. The number of anilines is 1. The number of ketones is 1. The van der Waals surface area contributed by atoms with Gasteiger partial charge in [-0.05, 0) is 32.8 Å². The van der Waals surface area contributed by atoms with Crippen molar-refractivity contribution in [3.8, 4) is 11.4 Å². The Hall–Kier alpha value is -5.27. The number of nitrogens with zero attached hydrogens (tertiary/aromatic N) is 6. The minimum absolute atomic E-state index is 0.131. The van der Waals surface area contributed by atoms with Crippen molar-refractivity contribution in [1.82, 2.24) is 35.0 Å². The van der Waals surface area contributed by atoms with E-state index in [1.807, 2.05) is 0 Å². The average Bonchev–Trinajstić information content (AvgIpc) is 3.51. The number of amides is 2. The van der Waals surface area contributed by atoms with E-state index in [2.05, 4.69) is 40.5 Å². The van der Waals surface area contributed by atoms with Crippen LogP contribution in [0.4, 0.5) is 10.5 Å². The zero-order valence-electron chi connectivity index (χ0n) is 24.6. The van der Waals surface area contributed by atoms with Crippen LogP contribution in [-0.2, 0) is 21.5 Å². The number of aryl methyl sites for hydroxylation is 1. The lowest BCUT2D eigenvalue weighted by molar-refractivity contribution is -0.122. The van der Waals surface area contributed by atoms with Gasteiger partial charge in [-0.15, -0.1) is 10.2 Å². The van der Waals surface area contributed by atoms with E-state index in [1.54, 1.807) is 83.4 Å². The van der Waals surface area contributed by atoms with Gasteiger partial charge in [0.25, 0.3) is 11.4 Å². The molecular weight excluding hydrogens is 556 g/mol. The zero-order chi connectivity index (χ0) is 31.3. The fourth-order valence-electron chi connectivity index (χ4n) is 4.24. The lowest BCUT2D eigenvalue weighted by Crippen LogP contribution is -2.47. The van der Waals surface area contributed by atoms with Crippen molar-refractivity contribution < 1.29 is 23.5 Å². The van der Waals surface area contributed by atoms with E-state index in [0.29, 0.717) is 11.4 Å². The number of carbonyl (C=O) groups is 3. The number of ether oxygens (including phenoxy) is 1. The Balaban J connectivity index is 1.62. The summed E-state index contributed by atoms with van der Waals surface area (Å²) in [6.07, 6.45) is 2.31. The van der Waals surface area contributed by atoms with Crippen LogP contribution in [0.1, 0.15) is 55.8 Å². The summed E-state index contributed by atoms with van der Waals surface area (Å²) in [6, 6.07) is 9.42. The van der Waals surface area contributed by atoms with Crippen LogP contribution < -0.4 is 16.2 Å². The molecule has 2 amide bonds. The number of carbonyl (C=O) groups excluding carboxylic acids is 3. The zero-order valence-corrected chi connectivity index (χ0v) is 24.6. The summed E-state index contributed by atoms with van der Waals surface area (Å²) < 4.78 is 11.5. The van der Waals surface area contributed by atoms with Crippen LogP contribution >= 0.6 is 0 Å². The van der Waals surface area contributed by atoms with Gasteiger partial charge in [-0.2, -0.15) is 0 Å². The van der Waals surface area contributed by atoms with E-state index in [-0.39, 0.29) is 34.9 Å². The van der Waals surface area contributed by atoms with Gasteiger partial charge in [0, 0.05) is 18.0 Å². The molecule has 14 heteroatoms. The van der Waals surface area contributed by atoms with Crippen LogP contribution in [0, 0.1) is 12.8 Å². The van der Waals surface area contributed by atoms with Gasteiger partial charge in [-0.3, -0.25) is 24.3 Å². The third-order valence-electron chi connectivity index (χ3n) is 6.66. The second-order valence-corrected chi connectivity index (χ2v) is 10.5. The van der Waals surface area contributed by atoms with E-state index in [0.717, 1.165) is 11.7 Å². The first kappa shape index (κ1) is 30.7. The average molecular weight is 589 g/mol. The molecule has 0 spiro atoms. The number of aromatic nitrogens is 6. The van der Waals surface area contributed by atoms with Crippen molar-refractivity contribution >= 4 is 23.5 Å². The maximum atomic E-state index is 13.5. The summed E-state index contributed by atoms with van der Waals surface area (Å²) in [7, 11) is 1.16. The van der Waals surface area contributed by atoms with Gasteiger partial charge in [0.15, 0.2) is 0 Å². The molecule has 4 rings (SSSR count). The predicted molar refractivity (Wildman–Crippen MR) is 154 cm³/mol. The second kappa shape index (κ2) is 12.7. The molecule has 14 nitrogen and oxygen atoms in total. The first-order valence-electron chi connectivity index (χ1n) is 13.4. The molecule has 0 aliphatic heterocycles. The lowest BCUT2D eigenvalue weighted by Gasteiger charge is -2.21. The molecule has 1 atom stereocenters. The van der Waals surface area contributed by atoms with E-state index in [9.17, 15) is 19.2 Å². The van der Waals surface area contributed by atoms with Gasteiger partial charge < -0.3 is 14.5 Å². The molecule has 0 radical (unpaired) electrons. The summed E-state index contributed by atoms with van der Waals surface area (Å²) in [5, 5.41) is 13.0. The molecule has 4 aromatic rings. The van der Waals surface area contributed by atoms with Crippen LogP contribution in [-0.4, -0.2) is 60.7 Å². The van der Waals surface area contributed by atoms with Crippen molar-refractivity contribution in [2.24, 2.45) is 5.92 Å². The van der Waals surface area contributed by atoms with Crippen LogP contribution in [0.5, 0.6) is 0 Å². The highest BCUT2D eigenvalue weighted by molar-refractivity contribution is 5.98. The monoisotopic (exact) mass is 588 g/mol. The number of rotatable bonds is 10. The SMILES string of the molecule is COC(=O)Nc1c(C)nc(-c2ccccc2)n(CC(=O)N[C@H](C(=O)c2nnc(C(C)(C)c3ncccn3)o2)C(C)C)c1=O. The number of benzene rings is 1. The van der Waals surface area contributed by atoms with Crippen molar-refractivity contribution in [3.63, 3.8) is 0 Å². The van der Waals surface area contributed by atoms with Crippen LogP contribution in [0.15, 0.2) is 58.0 Å². The Morgan fingerprint density at radius 1 is 1.05 bits per heavy atom. The highest BCUT2D eigenvalue weighted by Crippen LogP contribution is 2.28. The van der Waals surface area contributed by atoms with Gasteiger partial charge in [-0.25, -0.2) is 19.7 Å². The predicted octanol–water partition coefficient (Wildman–Crippen LogP) is 2.92. The molecule has 0 unspecified atom stereocenters. The molecular formula is C29H32N8O6. The summed E-state index contributed by atoms with van der Waals surface area (Å²) in [5.41, 5.74) is -0.894. The summed E-state index contributed by atoms with van der Waals surface area (Å²) in [5.74, 6) is -1.16. The van der Waals surface area contributed by atoms with Crippen LogP contribution in [0.2, 0.25) is 0 Å². The third-order valence-corrected chi connectivity index (χ3v) is 6.66. The molecule has 2 N–H and O–H groups in total. The molecule has 0 saturated heterocycles. The van der Waals surface area contributed by atoms with Crippen molar-refractivity contribution in [1.29, 1.82) is 0 Å². The second-order valence-electron chi connectivity index (χ2n) is 10.5. The largest absolute Gasteiger partial charge is 0.453 e. The number of Topliss-reactive ketones (excluding diaryl/α,β-unsaturated/α-hetero) is 1. The molecule has 224 valence electrons. The Bertz CT molecular complexity index is 1680. The Labute approximate surface area is 246 Å². The smallest absolute Gasteiger partial charge is 0.411 e. The Morgan fingerprint density at radius 3 is 2.35 bits per heavy atom. The normalized spacial score (nSPS) is 12.1. The van der Waals surface area contributed by atoms with Crippen LogP contribution in [0.3, 0.4) is 0 Å². The quantitative estimate of drug-likeness (QED) is 0.260. The first-order chi connectivity index (χ1) is 20.4. The fraction of sp³-hybridized carbons (Fsp3) is 0.345. The van der Waals surface area contributed by atoms with Crippen molar-refractivity contribution in [2.75, 3.05) is 12.4 Å². The number of nitrogens with one attached hydrogen (secondary N) is 2. The summed E-state index contributed by atoms with van der Waals surface area (Å²) in [6.45, 7) is 8.11. The molecule has 3 heterocycles. The van der Waals surface area contributed by atoms with Crippen LogP contribution in [0.25, 0.3) is 11.4 Å². The topological polar surface area (TPSA) is 184 Å². The fourth-order valence-corrected chi connectivity index (χ4v) is 4.24. The maximum Gasteiger partial charge on any atom is 0.411 e. The Morgan fingerprint density at radius 2 is 1.72 bits per heavy atom. The van der Waals surface area contributed by atoms with E-state index in [4.69, 9.17) is 4.42 Å². The molecule has 3 aromatic heterocycles. The minimum atomic E-state index is -1.06. The lowest BCUT2D eigenvalue weighted by atomic mass is 9.92. The summed E-state index contributed by atoms with van der Waals surface area (Å²) in [4.78, 5) is 65.3. The van der Waals surface area contributed by atoms with E-state index < -0.39 is 41.3 Å². The molecule has 0 aliphatic carbocycles. The van der Waals surface area contributed by atoms with E-state index in [1.165, 1.54) is 0 Å². The molecule has 0 fully saturated rings. The standard InChI is InChI=1S/C29H32N8O6/c1-16(2)20(22(39)24-35-36-27(43-24)29(4,5)26-30-13-10-14-31-26)33-19(38)15-37-23(18-11-8-7-9-12-18)32-17(3)21(25(37)40)34-28(41)42-6/h7-14,16,20H,15H2,1-6H3,(H,33,38)(H,34,41)/t20-/m0/s1.